The quantitative estimate of drug-likeness (QED) is 0.162. The molecule has 5 rings (SSSR count). The van der Waals surface area contributed by atoms with Gasteiger partial charge in [0, 0.05) is 29.2 Å². The minimum Gasteiger partial charge on any atom is -0.342 e. The molecule has 1 aromatic heterocycles. The maximum absolute atomic E-state index is 13.4. The zero-order chi connectivity index (χ0) is 26.3. The number of hydrogen-bond donors (Lipinski definition) is 1. The number of fused-ring (bicyclic) bond motifs is 1. The van der Waals surface area contributed by atoms with Crippen molar-refractivity contribution in [1.82, 2.24) is 9.88 Å². The zero-order valence-electron chi connectivity index (χ0n) is 18.9. The summed E-state index contributed by atoms with van der Waals surface area (Å²) in [4.78, 5) is 27.0. The average molecular weight is 524 g/mol. The van der Waals surface area contributed by atoms with Gasteiger partial charge < -0.3 is 4.57 Å². The van der Waals surface area contributed by atoms with Gasteiger partial charge in [0.2, 0.25) is 0 Å². The normalized spacial score (nSPS) is 15.5. The zero-order valence-corrected chi connectivity index (χ0v) is 19.7. The predicted octanol–water partition coefficient (Wildman–Crippen LogP) is 5.68. The lowest BCUT2D eigenvalue weighted by molar-refractivity contribution is -0.137. The number of carbonyl (C=O) groups excluding carboxylic acids is 2. The lowest BCUT2D eigenvalue weighted by Crippen LogP contribution is -2.54. The molecule has 0 radical (unpaired) electrons. The summed E-state index contributed by atoms with van der Waals surface area (Å²) in [5.74, 6) is -1.95. The van der Waals surface area contributed by atoms with Crippen molar-refractivity contribution in [1.29, 1.82) is 0 Å². The Balaban J connectivity index is 1.55. The summed E-state index contributed by atoms with van der Waals surface area (Å²) in [5.41, 5.74) is 0.853. The van der Waals surface area contributed by atoms with E-state index in [4.69, 9.17) is 12.2 Å². The third-order valence-corrected chi connectivity index (χ3v) is 6.20. The standard InChI is InChI=1S/C27H17F4N3O2S/c28-19-10-8-16(9-11-19)14-33-15-17(21-6-1-2-7-23(21)33)12-22-24(35)32-26(37)34(25(22)36)20-5-3-4-18(13-20)27(29,30)31/h1-13,15H,14H2,(H,32,35,37)/b22-12+. The molecule has 1 fully saturated rings. The molecular weight excluding hydrogens is 506 g/mol. The largest absolute Gasteiger partial charge is 0.416 e. The molecule has 4 aromatic rings. The van der Waals surface area contributed by atoms with Crippen molar-refractivity contribution in [3.63, 3.8) is 0 Å². The Kier molecular flexibility index (Phi) is 6.12. The molecule has 1 saturated heterocycles. The minimum atomic E-state index is -4.62. The molecule has 3 aromatic carbocycles. The first-order valence-electron chi connectivity index (χ1n) is 11.0. The van der Waals surface area contributed by atoms with Crippen molar-refractivity contribution in [3.8, 4) is 0 Å². The highest BCUT2D eigenvalue weighted by molar-refractivity contribution is 7.80. The van der Waals surface area contributed by atoms with Gasteiger partial charge in [-0.3, -0.25) is 19.8 Å². The van der Waals surface area contributed by atoms with Crippen LogP contribution in [0.25, 0.3) is 17.0 Å². The highest BCUT2D eigenvalue weighted by Gasteiger charge is 2.36. The van der Waals surface area contributed by atoms with Gasteiger partial charge in [0.05, 0.1) is 11.3 Å². The van der Waals surface area contributed by atoms with Crippen molar-refractivity contribution in [2.24, 2.45) is 0 Å². The first-order chi connectivity index (χ1) is 17.6. The van der Waals surface area contributed by atoms with Gasteiger partial charge in [0.25, 0.3) is 11.8 Å². The average Bonchev–Trinajstić information content (AvgIpc) is 3.20. The summed E-state index contributed by atoms with van der Waals surface area (Å²) >= 11 is 5.11. The van der Waals surface area contributed by atoms with Crippen molar-refractivity contribution in [3.05, 3.63) is 107 Å². The smallest absolute Gasteiger partial charge is 0.342 e. The number of para-hydroxylation sites is 1. The number of anilines is 1. The molecule has 186 valence electrons. The molecule has 1 N–H and O–H groups in total. The van der Waals surface area contributed by atoms with Crippen LogP contribution in [0, 0.1) is 5.82 Å². The molecule has 0 saturated carbocycles. The molecule has 0 atom stereocenters. The van der Waals surface area contributed by atoms with E-state index >= 15 is 0 Å². The Bertz CT molecular complexity index is 1590. The van der Waals surface area contributed by atoms with Crippen molar-refractivity contribution < 1.29 is 27.2 Å². The summed E-state index contributed by atoms with van der Waals surface area (Å²) < 4.78 is 55.0. The maximum atomic E-state index is 13.4. The molecular formula is C27H17F4N3O2S. The second-order valence-electron chi connectivity index (χ2n) is 8.36. The topological polar surface area (TPSA) is 54.3 Å². The Morgan fingerprint density at radius 1 is 0.946 bits per heavy atom. The second-order valence-corrected chi connectivity index (χ2v) is 8.75. The number of aromatic nitrogens is 1. The molecule has 0 bridgehead atoms. The van der Waals surface area contributed by atoms with E-state index in [2.05, 4.69) is 5.32 Å². The highest BCUT2D eigenvalue weighted by atomic mass is 32.1. The second kappa shape index (κ2) is 9.29. The number of benzene rings is 3. The van der Waals surface area contributed by atoms with Gasteiger partial charge in [-0.2, -0.15) is 13.2 Å². The van der Waals surface area contributed by atoms with E-state index < -0.39 is 23.6 Å². The monoisotopic (exact) mass is 523 g/mol. The number of hydrogen-bond acceptors (Lipinski definition) is 3. The Morgan fingerprint density at radius 2 is 1.68 bits per heavy atom. The van der Waals surface area contributed by atoms with Crippen LogP contribution in [0.2, 0.25) is 0 Å². The van der Waals surface area contributed by atoms with Crippen LogP contribution in [-0.4, -0.2) is 21.5 Å². The first-order valence-corrected chi connectivity index (χ1v) is 11.4. The summed E-state index contributed by atoms with van der Waals surface area (Å²) in [5, 5.41) is 2.82. The lowest BCUT2D eigenvalue weighted by atomic mass is 10.1. The van der Waals surface area contributed by atoms with Crippen LogP contribution in [0.4, 0.5) is 23.2 Å². The van der Waals surface area contributed by atoms with E-state index in [0.29, 0.717) is 12.1 Å². The fourth-order valence-corrected chi connectivity index (χ4v) is 4.46. The van der Waals surface area contributed by atoms with Gasteiger partial charge in [-0.25, -0.2) is 4.39 Å². The fourth-order valence-electron chi connectivity index (χ4n) is 4.18. The number of amides is 2. The number of nitrogens with zero attached hydrogens (tertiary/aromatic N) is 2. The number of rotatable bonds is 4. The van der Waals surface area contributed by atoms with E-state index in [9.17, 15) is 27.2 Å². The molecule has 1 aliphatic heterocycles. The summed E-state index contributed by atoms with van der Waals surface area (Å²) in [7, 11) is 0. The van der Waals surface area contributed by atoms with Gasteiger partial charge in [-0.05, 0) is 60.3 Å². The predicted molar refractivity (Wildman–Crippen MR) is 135 cm³/mol. The molecule has 37 heavy (non-hydrogen) atoms. The number of carbonyl (C=O) groups is 2. The molecule has 0 unspecified atom stereocenters. The van der Waals surface area contributed by atoms with Gasteiger partial charge in [0.15, 0.2) is 5.11 Å². The van der Waals surface area contributed by atoms with Crippen LogP contribution in [0.3, 0.4) is 0 Å². The molecule has 1 aliphatic rings. The van der Waals surface area contributed by atoms with E-state index in [1.54, 1.807) is 24.4 Å². The van der Waals surface area contributed by atoms with Crippen LogP contribution < -0.4 is 10.2 Å². The SMILES string of the molecule is O=C1NC(=S)N(c2cccc(C(F)(F)F)c2)C(=O)/C1=C/c1cn(Cc2ccc(F)cc2)c2ccccc12. The van der Waals surface area contributed by atoms with Crippen LogP contribution in [-0.2, 0) is 22.3 Å². The van der Waals surface area contributed by atoms with Crippen LogP contribution in [0.1, 0.15) is 16.7 Å². The Labute approximate surface area is 213 Å². The summed E-state index contributed by atoms with van der Waals surface area (Å²) in [6.45, 7) is 0.407. The van der Waals surface area contributed by atoms with E-state index in [1.807, 2.05) is 22.8 Å². The maximum Gasteiger partial charge on any atom is 0.416 e. The molecule has 2 amide bonds. The number of thiocarbonyl (C=S) groups is 1. The van der Waals surface area contributed by atoms with E-state index in [1.165, 1.54) is 24.3 Å². The number of halogens is 4. The Hall–Kier alpha value is -4.31. The molecule has 0 aliphatic carbocycles. The molecule has 5 nitrogen and oxygen atoms in total. The van der Waals surface area contributed by atoms with Crippen molar-refractivity contribution in [2.45, 2.75) is 12.7 Å². The third-order valence-electron chi connectivity index (χ3n) is 5.92. The van der Waals surface area contributed by atoms with E-state index in [-0.39, 0.29) is 22.2 Å². The van der Waals surface area contributed by atoms with Gasteiger partial charge in [-0.15, -0.1) is 0 Å². The molecule has 0 spiro atoms. The number of alkyl halides is 3. The third kappa shape index (κ3) is 4.75. The Morgan fingerprint density at radius 3 is 2.41 bits per heavy atom. The van der Waals surface area contributed by atoms with E-state index in [0.717, 1.165) is 39.6 Å². The highest BCUT2D eigenvalue weighted by Crippen LogP contribution is 2.33. The summed E-state index contributed by atoms with van der Waals surface area (Å²) in [6.07, 6.45) is -1.47. The minimum absolute atomic E-state index is 0.116. The molecule has 10 heteroatoms. The van der Waals surface area contributed by atoms with Gasteiger partial charge in [0.1, 0.15) is 11.4 Å². The fraction of sp³-hybridized carbons (Fsp3) is 0.0741. The van der Waals surface area contributed by atoms with Gasteiger partial charge in [-0.1, -0.05) is 36.4 Å². The van der Waals surface area contributed by atoms with Crippen LogP contribution in [0.5, 0.6) is 0 Å². The molecule has 2 heterocycles. The van der Waals surface area contributed by atoms with Crippen LogP contribution in [0.15, 0.2) is 84.6 Å². The van der Waals surface area contributed by atoms with Crippen molar-refractivity contribution in [2.75, 3.05) is 4.90 Å². The lowest BCUT2D eigenvalue weighted by Gasteiger charge is -2.29. The summed E-state index contributed by atoms with van der Waals surface area (Å²) in [6, 6.07) is 17.5. The number of nitrogens with one attached hydrogen (secondary N) is 1. The van der Waals surface area contributed by atoms with Crippen molar-refractivity contribution >= 4 is 51.8 Å². The van der Waals surface area contributed by atoms with Gasteiger partial charge >= 0.3 is 6.18 Å². The first kappa shape index (κ1) is 24.4. The van der Waals surface area contributed by atoms with Crippen LogP contribution >= 0.6 is 12.2 Å².